The molecular formula is C37H58O10. The van der Waals surface area contributed by atoms with Crippen molar-refractivity contribution in [3.05, 3.63) is 0 Å². The van der Waals surface area contributed by atoms with Gasteiger partial charge in [-0.05, 0) is 105 Å². The highest BCUT2D eigenvalue weighted by Gasteiger charge is 2.85. The molecule has 4 N–H and O–H groups in total. The van der Waals surface area contributed by atoms with Gasteiger partial charge >= 0.3 is 5.97 Å². The van der Waals surface area contributed by atoms with Gasteiger partial charge in [-0.2, -0.15) is 0 Å². The molecule has 16 atom stereocenters. The second-order valence-electron chi connectivity index (χ2n) is 18.4. The summed E-state index contributed by atoms with van der Waals surface area (Å²) in [6.07, 6.45) is 0.691. The molecule has 5 aliphatic carbocycles. The van der Waals surface area contributed by atoms with Crippen molar-refractivity contribution < 1.29 is 49.0 Å². The van der Waals surface area contributed by atoms with Gasteiger partial charge in [0.1, 0.15) is 24.4 Å². The summed E-state index contributed by atoms with van der Waals surface area (Å²) in [5.41, 5.74) is -2.06. The summed E-state index contributed by atoms with van der Waals surface area (Å²) in [6.45, 7) is 15.9. The van der Waals surface area contributed by atoms with Crippen molar-refractivity contribution in [1.29, 1.82) is 0 Å². The van der Waals surface area contributed by atoms with E-state index in [0.717, 1.165) is 44.9 Å². The van der Waals surface area contributed by atoms with Crippen molar-refractivity contribution in [3.8, 4) is 0 Å². The average Bonchev–Trinajstić information content (AvgIpc) is 3.61. The first kappa shape index (κ1) is 34.3. The molecule has 5 saturated carbocycles. The van der Waals surface area contributed by atoms with Gasteiger partial charge in [-0.1, -0.05) is 34.6 Å². The Morgan fingerprint density at radius 1 is 0.979 bits per heavy atom. The van der Waals surface area contributed by atoms with Crippen LogP contribution in [0, 0.1) is 50.7 Å². The minimum absolute atomic E-state index is 0.0668. The number of hydrogen-bond donors (Lipinski definition) is 4. The van der Waals surface area contributed by atoms with Crippen LogP contribution in [0.2, 0.25) is 0 Å². The van der Waals surface area contributed by atoms with Crippen molar-refractivity contribution in [2.45, 2.75) is 161 Å². The number of fused-ring (bicyclic) bond motifs is 4. The third-order valence-electron chi connectivity index (χ3n) is 15.6. The minimum atomic E-state index is -1.31. The van der Waals surface area contributed by atoms with E-state index in [-0.39, 0.29) is 57.9 Å². The summed E-state index contributed by atoms with van der Waals surface area (Å²) >= 11 is 0. The van der Waals surface area contributed by atoms with Gasteiger partial charge in [0.25, 0.3) is 0 Å². The van der Waals surface area contributed by atoms with Crippen molar-refractivity contribution in [3.63, 3.8) is 0 Å². The molecule has 2 heterocycles. The Labute approximate surface area is 279 Å². The van der Waals surface area contributed by atoms with Crippen molar-refractivity contribution in [2.75, 3.05) is 6.61 Å². The van der Waals surface area contributed by atoms with Gasteiger partial charge in [0.2, 0.25) is 0 Å². The maximum atomic E-state index is 15.0. The standard InChI is InChI=1S/C37H58O10/c1-18-15-21(30(33(5,6)43)45-19(2)38)46-28-25(18)34(7)13-14-37-17-36(37)12-11-24(47-31-27(41)26(40)20(39)16-44-31)32(3,4)22(36)9-10-23(37)35(34,8)29(28)42/h18,20-28,30-31,39-41,43H,9-17H2,1-8H3/t18-,20?,21-,22+,23+,24?,25+,26+,27-,28+,30+,31+,34-,35-,36-,37+/m1/s1. The molecule has 2 aliphatic heterocycles. The Hall–Kier alpha value is -1.14. The Morgan fingerprint density at radius 3 is 2.30 bits per heavy atom. The fourth-order valence-electron chi connectivity index (χ4n) is 13.4. The number of rotatable bonds is 5. The van der Waals surface area contributed by atoms with Gasteiger partial charge in [0.05, 0.1) is 24.4 Å². The zero-order valence-corrected chi connectivity index (χ0v) is 29.5. The third kappa shape index (κ3) is 4.46. The summed E-state index contributed by atoms with van der Waals surface area (Å²) in [7, 11) is 0. The van der Waals surface area contributed by atoms with Crippen LogP contribution in [0.3, 0.4) is 0 Å². The Bertz CT molecular complexity index is 1290. The molecule has 2 spiro atoms. The first-order chi connectivity index (χ1) is 21.8. The van der Waals surface area contributed by atoms with Crippen LogP contribution < -0.4 is 0 Å². The maximum Gasteiger partial charge on any atom is 0.303 e. The summed E-state index contributed by atoms with van der Waals surface area (Å²) in [4.78, 5) is 27.0. The number of ketones is 1. The van der Waals surface area contributed by atoms with E-state index in [4.69, 9.17) is 18.9 Å². The molecule has 0 aromatic carbocycles. The minimum Gasteiger partial charge on any atom is -0.457 e. The van der Waals surface area contributed by atoms with Crippen LogP contribution in [0.15, 0.2) is 0 Å². The highest BCUT2D eigenvalue weighted by atomic mass is 16.7. The predicted octanol–water partition coefficient (Wildman–Crippen LogP) is 3.53. The fraction of sp³-hybridized carbons (Fsp3) is 0.946. The molecule has 7 aliphatic rings. The molecule has 10 nitrogen and oxygen atoms in total. The van der Waals surface area contributed by atoms with E-state index in [1.165, 1.54) is 6.92 Å². The SMILES string of the molecule is CC(=O)O[C@@H]([C@H]1C[C@@H](C)[C@H]2[C@H](O1)C(=O)[C@@]1(C)[C@@H]3CC[C@H]4C(C)(C)C(O[C@@H]5OCC(O)[C@H](O)[C@H]5O)CC[C@@]45C[C@@]35CC[C@]21C)C(C)(C)O. The smallest absolute Gasteiger partial charge is 0.303 e. The lowest BCUT2D eigenvalue weighted by Crippen LogP contribution is -2.60. The molecule has 7 fully saturated rings. The second-order valence-corrected chi connectivity index (χ2v) is 18.4. The van der Waals surface area contributed by atoms with Gasteiger partial charge in [-0.15, -0.1) is 0 Å². The highest BCUT2D eigenvalue weighted by molar-refractivity contribution is 5.93. The van der Waals surface area contributed by atoms with Gasteiger partial charge in [0.15, 0.2) is 18.2 Å². The normalized spacial score (nSPS) is 53.9. The lowest BCUT2D eigenvalue weighted by Gasteiger charge is -2.62. The zero-order valence-electron chi connectivity index (χ0n) is 29.5. The lowest BCUT2D eigenvalue weighted by molar-refractivity contribution is -0.302. The molecule has 47 heavy (non-hydrogen) atoms. The number of carbonyl (C=O) groups is 2. The summed E-state index contributed by atoms with van der Waals surface area (Å²) in [5, 5.41) is 41.8. The number of hydrogen-bond acceptors (Lipinski definition) is 10. The molecule has 0 amide bonds. The van der Waals surface area contributed by atoms with Gasteiger partial charge < -0.3 is 39.4 Å². The number of aliphatic hydroxyl groups is 4. The Morgan fingerprint density at radius 2 is 1.64 bits per heavy atom. The molecule has 2 unspecified atom stereocenters. The van der Waals surface area contributed by atoms with E-state index in [2.05, 4.69) is 34.6 Å². The lowest BCUT2D eigenvalue weighted by atomic mass is 9.41. The summed E-state index contributed by atoms with van der Waals surface area (Å²) < 4.78 is 24.4. The molecule has 0 aromatic rings. The quantitative estimate of drug-likeness (QED) is 0.254. The van der Waals surface area contributed by atoms with Crippen LogP contribution in [-0.4, -0.2) is 93.4 Å². The van der Waals surface area contributed by atoms with E-state index >= 15 is 0 Å². The van der Waals surface area contributed by atoms with Gasteiger partial charge in [-0.3, -0.25) is 9.59 Å². The van der Waals surface area contributed by atoms with Crippen LogP contribution in [0.5, 0.6) is 0 Å². The van der Waals surface area contributed by atoms with Crippen LogP contribution >= 0.6 is 0 Å². The molecule has 266 valence electrons. The van der Waals surface area contributed by atoms with E-state index in [0.29, 0.717) is 12.3 Å². The van der Waals surface area contributed by atoms with Crippen molar-refractivity contribution >= 4 is 11.8 Å². The number of esters is 1. The van der Waals surface area contributed by atoms with E-state index < -0.39 is 59.9 Å². The summed E-state index contributed by atoms with van der Waals surface area (Å²) in [5.74, 6) is 0.603. The number of ether oxygens (including phenoxy) is 4. The van der Waals surface area contributed by atoms with Crippen LogP contribution in [0.4, 0.5) is 0 Å². The van der Waals surface area contributed by atoms with Crippen LogP contribution in [0.25, 0.3) is 0 Å². The fourth-order valence-corrected chi connectivity index (χ4v) is 13.4. The first-order valence-corrected chi connectivity index (χ1v) is 18.2. The predicted molar refractivity (Wildman–Crippen MR) is 170 cm³/mol. The van der Waals surface area contributed by atoms with Gasteiger partial charge in [-0.25, -0.2) is 0 Å². The molecule has 0 aromatic heterocycles. The van der Waals surface area contributed by atoms with E-state index in [1.807, 2.05) is 0 Å². The molecule has 7 rings (SSSR count). The number of aliphatic hydroxyl groups excluding tert-OH is 3. The van der Waals surface area contributed by atoms with Crippen molar-refractivity contribution in [2.24, 2.45) is 50.7 Å². The molecule has 10 heteroatoms. The first-order valence-electron chi connectivity index (χ1n) is 18.2. The average molecular weight is 663 g/mol. The number of Topliss-reactive ketones (excluding diaryl/α,β-unsaturated/α-hetero) is 1. The van der Waals surface area contributed by atoms with Crippen LogP contribution in [0.1, 0.15) is 107 Å². The topological polar surface area (TPSA) is 152 Å². The summed E-state index contributed by atoms with van der Waals surface area (Å²) in [6, 6.07) is 0. The highest BCUT2D eigenvalue weighted by Crippen LogP contribution is 2.89. The second kappa shape index (κ2) is 10.7. The van der Waals surface area contributed by atoms with E-state index in [9.17, 15) is 30.0 Å². The monoisotopic (exact) mass is 662 g/mol. The molecule has 0 radical (unpaired) electrons. The number of carbonyl (C=O) groups excluding carboxylic acids is 2. The Balaban J connectivity index is 1.15. The maximum absolute atomic E-state index is 15.0. The van der Waals surface area contributed by atoms with E-state index in [1.54, 1.807) is 13.8 Å². The zero-order chi connectivity index (χ0) is 34.3. The third-order valence-corrected chi connectivity index (χ3v) is 15.6. The molecule has 2 saturated heterocycles. The largest absolute Gasteiger partial charge is 0.457 e. The van der Waals surface area contributed by atoms with Gasteiger partial charge in [0, 0.05) is 18.3 Å². The Kier molecular flexibility index (Phi) is 7.80. The molecular weight excluding hydrogens is 604 g/mol. The van der Waals surface area contributed by atoms with Crippen molar-refractivity contribution in [1.82, 2.24) is 0 Å². The van der Waals surface area contributed by atoms with Crippen LogP contribution in [-0.2, 0) is 28.5 Å². The molecule has 0 bridgehead atoms.